The summed E-state index contributed by atoms with van der Waals surface area (Å²) in [5.41, 5.74) is 2.39. The molecule has 0 aromatic carbocycles. The van der Waals surface area contributed by atoms with Crippen LogP contribution < -0.4 is 11.3 Å². The van der Waals surface area contributed by atoms with Gasteiger partial charge in [0.15, 0.2) is 0 Å². The highest BCUT2D eigenvalue weighted by atomic mass is 19.4. The normalized spacial score (nSPS) is 13.5. The molecule has 0 fully saturated rings. The summed E-state index contributed by atoms with van der Waals surface area (Å²) in [6, 6.07) is -0.291. The Morgan fingerprint density at radius 2 is 2.13 bits per heavy atom. The highest BCUT2D eigenvalue weighted by molar-refractivity contribution is 4.83. The molecule has 0 bridgehead atoms. The van der Waals surface area contributed by atoms with Crippen molar-refractivity contribution in [1.29, 1.82) is 0 Å². The Morgan fingerprint density at radius 1 is 1.47 bits per heavy atom. The van der Waals surface area contributed by atoms with Crippen molar-refractivity contribution in [3.05, 3.63) is 0 Å². The SMILES string of the molecule is C#CCCCC(COCC(F)(F)F)NN. The van der Waals surface area contributed by atoms with E-state index in [4.69, 9.17) is 12.3 Å². The monoisotopic (exact) mass is 224 g/mol. The van der Waals surface area contributed by atoms with E-state index >= 15 is 0 Å². The van der Waals surface area contributed by atoms with E-state index < -0.39 is 12.8 Å². The maximum Gasteiger partial charge on any atom is 0.411 e. The van der Waals surface area contributed by atoms with E-state index in [2.05, 4.69) is 16.1 Å². The molecular formula is C9H15F3N2O. The van der Waals surface area contributed by atoms with Crippen molar-refractivity contribution in [3.63, 3.8) is 0 Å². The molecule has 3 N–H and O–H groups in total. The van der Waals surface area contributed by atoms with Gasteiger partial charge < -0.3 is 4.74 Å². The standard InChI is InChI=1S/C9H15F3N2O/c1-2-3-4-5-8(14-13)6-15-7-9(10,11)12/h1,8,14H,3-7,13H2. The van der Waals surface area contributed by atoms with Crippen LogP contribution in [0.2, 0.25) is 0 Å². The molecule has 0 saturated carbocycles. The molecule has 0 radical (unpaired) electrons. The van der Waals surface area contributed by atoms with Gasteiger partial charge in [0.05, 0.1) is 6.61 Å². The maximum absolute atomic E-state index is 11.7. The molecule has 0 amide bonds. The Bertz CT molecular complexity index is 201. The molecule has 0 heterocycles. The van der Waals surface area contributed by atoms with E-state index in [1.807, 2.05) is 0 Å². The van der Waals surface area contributed by atoms with Crippen molar-refractivity contribution in [3.8, 4) is 12.3 Å². The van der Waals surface area contributed by atoms with Crippen molar-refractivity contribution in [2.75, 3.05) is 13.2 Å². The van der Waals surface area contributed by atoms with Gasteiger partial charge in [-0.15, -0.1) is 12.3 Å². The molecule has 0 aromatic rings. The van der Waals surface area contributed by atoms with Gasteiger partial charge in [-0.05, 0) is 12.8 Å². The molecule has 0 rings (SSSR count). The number of unbranched alkanes of at least 4 members (excludes halogenated alkanes) is 1. The first-order valence-corrected chi connectivity index (χ1v) is 4.53. The van der Waals surface area contributed by atoms with Crippen LogP contribution in [0.4, 0.5) is 13.2 Å². The average Bonchev–Trinajstić information content (AvgIpc) is 2.14. The first-order chi connectivity index (χ1) is 6.99. The molecular weight excluding hydrogens is 209 g/mol. The second-order valence-corrected chi connectivity index (χ2v) is 3.09. The van der Waals surface area contributed by atoms with E-state index in [1.54, 1.807) is 0 Å². The van der Waals surface area contributed by atoms with Crippen LogP contribution in [0, 0.1) is 12.3 Å². The maximum atomic E-state index is 11.7. The minimum atomic E-state index is -4.29. The first kappa shape index (κ1) is 14.2. The Labute approximate surface area is 87.1 Å². The van der Waals surface area contributed by atoms with Crippen LogP contribution in [0.5, 0.6) is 0 Å². The largest absolute Gasteiger partial charge is 0.411 e. The van der Waals surface area contributed by atoms with Gasteiger partial charge in [-0.25, -0.2) is 0 Å². The van der Waals surface area contributed by atoms with Gasteiger partial charge >= 0.3 is 6.18 Å². The van der Waals surface area contributed by atoms with Crippen molar-refractivity contribution in [1.82, 2.24) is 5.43 Å². The molecule has 6 heteroatoms. The summed E-state index contributed by atoms with van der Waals surface area (Å²) in [5, 5.41) is 0. The number of nitrogens with one attached hydrogen (secondary N) is 1. The van der Waals surface area contributed by atoms with E-state index in [0.717, 1.165) is 0 Å². The number of rotatable bonds is 7. The van der Waals surface area contributed by atoms with Gasteiger partial charge in [0.25, 0.3) is 0 Å². The van der Waals surface area contributed by atoms with Crippen molar-refractivity contribution >= 4 is 0 Å². The van der Waals surface area contributed by atoms with Gasteiger partial charge in [-0.1, -0.05) is 0 Å². The highest BCUT2D eigenvalue weighted by Gasteiger charge is 2.27. The number of hydrogen-bond donors (Lipinski definition) is 2. The third-order valence-corrected chi connectivity index (χ3v) is 1.69. The summed E-state index contributed by atoms with van der Waals surface area (Å²) in [7, 11) is 0. The van der Waals surface area contributed by atoms with Crippen LogP contribution in [0.15, 0.2) is 0 Å². The molecule has 0 spiro atoms. The minimum absolute atomic E-state index is 0.0689. The molecule has 15 heavy (non-hydrogen) atoms. The van der Waals surface area contributed by atoms with Crippen LogP contribution in [0.1, 0.15) is 19.3 Å². The fourth-order valence-electron chi connectivity index (χ4n) is 0.982. The lowest BCUT2D eigenvalue weighted by Crippen LogP contribution is -2.39. The third kappa shape index (κ3) is 9.53. The van der Waals surface area contributed by atoms with Gasteiger partial charge in [0.1, 0.15) is 6.61 Å². The number of ether oxygens (including phenoxy) is 1. The topological polar surface area (TPSA) is 47.3 Å². The molecule has 0 aliphatic carbocycles. The minimum Gasteiger partial charge on any atom is -0.370 e. The van der Waals surface area contributed by atoms with E-state index in [1.165, 1.54) is 0 Å². The Morgan fingerprint density at radius 3 is 2.60 bits per heavy atom. The Balaban J connectivity index is 3.58. The number of hydrazine groups is 1. The zero-order chi connectivity index (χ0) is 11.7. The summed E-state index contributed by atoms with van der Waals surface area (Å²) in [6.45, 7) is -1.32. The van der Waals surface area contributed by atoms with Crippen molar-refractivity contribution < 1.29 is 17.9 Å². The number of alkyl halides is 3. The van der Waals surface area contributed by atoms with Gasteiger partial charge in [0.2, 0.25) is 0 Å². The van der Waals surface area contributed by atoms with Gasteiger partial charge in [0, 0.05) is 12.5 Å². The smallest absolute Gasteiger partial charge is 0.370 e. The molecule has 1 unspecified atom stereocenters. The zero-order valence-electron chi connectivity index (χ0n) is 8.31. The molecule has 0 aliphatic rings. The number of nitrogens with two attached hydrogens (primary N) is 1. The molecule has 0 saturated heterocycles. The average molecular weight is 224 g/mol. The molecule has 88 valence electrons. The molecule has 0 aliphatic heterocycles. The predicted octanol–water partition coefficient (Wildman–Crippen LogP) is 1.20. The lowest BCUT2D eigenvalue weighted by atomic mass is 10.1. The van der Waals surface area contributed by atoms with Gasteiger partial charge in [-0.3, -0.25) is 11.3 Å². The van der Waals surface area contributed by atoms with Crippen LogP contribution in [0.3, 0.4) is 0 Å². The molecule has 3 nitrogen and oxygen atoms in total. The quantitative estimate of drug-likeness (QED) is 0.295. The molecule has 1 atom stereocenters. The summed E-state index contributed by atoms with van der Waals surface area (Å²) in [6.07, 6.45) is 2.62. The predicted molar refractivity (Wildman–Crippen MR) is 50.7 cm³/mol. The fourth-order valence-corrected chi connectivity index (χ4v) is 0.982. The van der Waals surface area contributed by atoms with E-state index in [9.17, 15) is 13.2 Å². The second kappa shape index (κ2) is 7.51. The molecule has 0 aromatic heterocycles. The number of hydrogen-bond acceptors (Lipinski definition) is 3. The highest BCUT2D eigenvalue weighted by Crippen LogP contribution is 2.14. The van der Waals surface area contributed by atoms with E-state index in [-0.39, 0.29) is 12.6 Å². The van der Waals surface area contributed by atoms with Crippen molar-refractivity contribution in [2.45, 2.75) is 31.5 Å². The summed E-state index contributed by atoms with van der Waals surface area (Å²) < 4.78 is 39.6. The van der Waals surface area contributed by atoms with Crippen LogP contribution in [-0.4, -0.2) is 25.4 Å². The lowest BCUT2D eigenvalue weighted by Gasteiger charge is -2.16. The summed E-state index contributed by atoms with van der Waals surface area (Å²) in [4.78, 5) is 0. The van der Waals surface area contributed by atoms with Crippen LogP contribution in [-0.2, 0) is 4.74 Å². The van der Waals surface area contributed by atoms with Crippen LogP contribution >= 0.6 is 0 Å². The summed E-state index contributed by atoms with van der Waals surface area (Å²) >= 11 is 0. The number of halogens is 3. The fraction of sp³-hybridized carbons (Fsp3) is 0.778. The Hall–Kier alpha value is -0.770. The Kier molecular flexibility index (Phi) is 7.13. The summed E-state index contributed by atoms with van der Waals surface area (Å²) in [5.74, 6) is 7.58. The van der Waals surface area contributed by atoms with Gasteiger partial charge in [-0.2, -0.15) is 13.2 Å². The third-order valence-electron chi connectivity index (χ3n) is 1.69. The second-order valence-electron chi connectivity index (χ2n) is 3.09. The van der Waals surface area contributed by atoms with E-state index in [0.29, 0.717) is 19.3 Å². The van der Waals surface area contributed by atoms with Crippen molar-refractivity contribution in [2.24, 2.45) is 5.84 Å². The first-order valence-electron chi connectivity index (χ1n) is 4.53. The number of terminal acetylenes is 1. The zero-order valence-corrected chi connectivity index (χ0v) is 8.31. The van der Waals surface area contributed by atoms with Crippen LogP contribution in [0.25, 0.3) is 0 Å². The lowest BCUT2D eigenvalue weighted by molar-refractivity contribution is -0.175.